The van der Waals surface area contributed by atoms with E-state index in [1.165, 1.54) is 7.11 Å². The standard InChI is InChI=1S/C20H21NO5/c1-24-19(20(22)23)13-15-6-4-8-17(12-15)25-10-5-11-26-18-9-3-2-7-16(18)14-21/h2-4,6-9,12,19H,5,10-11,13H2,1H3,(H,22,23). The lowest BCUT2D eigenvalue weighted by atomic mass is 10.1. The van der Waals surface area contributed by atoms with Crippen molar-refractivity contribution < 1.29 is 24.1 Å². The van der Waals surface area contributed by atoms with Crippen LogP contribution >= 0.6 is 0 Å². The van der Waals surface area contributed by atoms with E-state index in [4.69, 9.17) is 24.6 Å². The van der Waals surface area contributed by atoms with Gasteiger partial charge in [-0.25, -0.2) is 4.79 Å². The van der Waals surface area contributed by atoms with Crippen molar-refractivity contribution in [1.82, 2.24) is 0 Å². The van der Waals surface area contributed by atoms with E-state index in [0.29, 0.717) is 36.7 Å². The highest BCUT2D eigenvalue weighted by atomic mass is 16.5. The molecule has 0 fully saturated rings. The fourth-order valence-electron chi connectivity index (χ4n) is 2.36. The van der Waals surface area contributed by atoms with Crippen molar-refractivity contribution in [3.63, 3.8) is 0 Å². The van der Waals surface area contributed by atoms with Gasteiger partial charge in [-0.05, 0) is 29.8 Å². The average Bonchev–Trinajstić information content (AvgIpc) is 2.66. The molecule has 0 radical (unpaired) electrons. The molecule has 0 bridgehead atoms. The van der Waals surface area contributed by atoms with E-state index in [1.807, 2.05) is 24.3 Å². The average molecular weight is 355 g/mol. The quantitative estimate of drug-likeness (QED) is 0.659. The van der Waals surface area contributed by atoms with Gasteiger partial charge in [0, 0.05) is 20.0 Å². The summed E-state index contributed by atoms with van der Waals surface area (Å²) in [7, 11) is 1.38. The first-order valence-corrected chi connectivity index (χ1v) is 8.23. The molecule has 1 N–H and O–H groups in total. The van der Waals surface area contributed by atoms with Crippen LogP contribution in [-0.4, -0.2) is 37.5 Å². The minimum Gasteiger partial charge on any atom is -0.493 e. The molecule has 0 aliphatic carbocycles. The number of hydrogen-bond acceptors (Lipinski definition) is 5. The van der Waals surface area contributed by atoms with Gasteiger partial charge in [0.1, 0.15) is 17.6 Å². The molecule has 6 heteroatoms. The van der Waals surface area contributed by atoms with Crippen molar-refractivity contribution in [3.05, 3.63) is 59.7 Å². The van der Waals surface area contributed by atoms with Crippen LogP contribution in [0.15, 0.2) is 48.5 Å². The van der Waals surface area contributed by atoms with E-state index >= 15 is 0 Å². The van der Waals surface area contributed by atoms with Crippen LogP contribution < -0.4 is 9.47 Å². The van der Waals surface area contributed by atoms with Crippen LogP contribution in [0.1, 0.15) is 17.5 Å². The normalized spacial score (nSPS) is 11.4. The van der Waals surface area contributed by atoms with Gasteiger partial charge in [-0.1, -0.05) is 24.3 Å². The second kappa shape index (κ2) is 10.1. The fourth-order valence-corrected chi connectivity index (χ4v) is 2.36. The van der Waals surface area contributed by atoms with Gasteiger partial charge in [-0.3, -0.25) is 0 Å². The molecule has 0 saturated carbocycles. The minimum atomic E-state index is -0.992. The molecule has 0 aromatic heterocycles. The van der Waals surface area contributed by atoms with Gasteiger partial charge in [0.25, 0.3) is 0 Å². The van der Waals surface area contributed by atoms with Gasteiger partial charge in [0.05, 0.1) is 18.8 Å². The summed E-state index contributed by atoms with van der Waals surface area (Å²) in [6.45, 7) is 0.883. The van der Waals surface area contributed by atoms with Crippen LogP contribution in [0.25, 0.3) is 0 Å². The van der Waals surface area contributed by atoms with E-state index in [0.717, 1.165) is 5.56 Å². The summed E-state index contributed by atoms with van der Waals surface area (Å²) < 4.78 is 16.2. The van der Waals surface area contributed by atoms with Crippen LogP contribution in [0.3, 0.4) is 0 Å². The van der Waals surface area contributed by atoms with Gasteiger partial charge >= 0.3 is 5.97 Å². The Labute approximate surface area is 152 Å². The molecular formula is C20H21NO5. The summed E-state index contributed by atoms with van der Waals surface area (Å²) in [5, 5.41) is 18.1. The lowest BCUT2D eigenvalue weighted by Gasteiger charge is -2.12. The molecule has 0 aliphatic heterocycles. The largest absolute Gasteiger partial charge is 0.493 e. The third-order valence-electron chi connectivity index (χ3n) is 3.70. The van der Waals surface area contributed by atoms with Crippen molar-refractivity contribution in [2.45, 2.75) is 18.9 Å². The maximum atomic E-state index is 11.0. The Morgan fingerprint density at radius 2 is 1.92 bits per heavy atom. The number of ether oxygens (including phenoxy) is 3. The first kappa shape index (κ1) is 19.3. The smallest absolute Gasteiger partial charge is 0.333 e. The van der Waals surface area contributed by atoms with Gasteiger partial charge in [0.2, 0.25) is 0 Å². The molecule has 2 rings (SSSR count). The topological polar surface area (TPSA) is 88.8 Å². The van der Waals surface area contributed by atoms with Crippen LogP contribution in [-0.2, 0) is 16.0 Å². The zero-order valence-electron chi connectivity index (χ0n) is 14.6. The Balaban J connectivity index is 1.78. The summed E-state index contributed by atoms with van der Waals surface area (Å²) in [5.41, 5.74) is 1.34. The number of aliphatic carboxylic acids is 1. The molecule has 0 spiro atoms. The maximum Gasteiger partial charge on any atom is 0.333 e. The third-order valence-corrected chi connectivity index (χ3v) is 3.70. The number of para-hydroxylation sites is 1. The number of nitriles is 1. The predicted molar refractivity (Wildman–Crippen MR) is 95.3 cm³/mol. The second-order valence-corrected chi connectivity index (χ2v) is 5.57. The van der Waals surface area contributed by atoms with Crippen LogP contribution in [0.5, 0.6) is 11.5 Å². The van der Waals surface area contributed by atoms with Crippen molar-refractivity contribution >= 4 is 5.97 Å². The molecule has 0 heterocycles. The second-order valence-electron chi connectivity index (χ2n) is 5.57. The number of carbonyl (C=O) groups is 1. The fraction of sp³-hybridized carbons (Fsp3) is 0.300. The molecule has 2 aromatic rings. The van der Waals surface area contributed by atoms with E-state index in [-0.39, 0.29) is 6.42 Å². The van der Waals surface area contributed by atoms with Gasteiger partial charge in [-0.15, -0.1) is 0 Å². The highest BCUT2D eigenvalue weighted by Gasteiger charge is 2.16. The number of carboxylic acids is 1. The first-order valence-electron chi connectivity index (χ1n) is 8.23. The van der Waals surface area contributed by atoms with Crippen molar-refractivity contribution in [2.24, 2.45) is 0 Å². The number of methoxy groups -OCH3 is 1. The summed E-state index contributed by atoms with van der Waals surface area (Å²) in [4.78, 5) is 11.0. The summed E-state index contributed by atoms with van der Waals surface area (Å²) in [5.74, 6) is 0.241. The van der Waals surface area contributed by atoms with Crippen molar-refractivity contribution in [3.8, 4) is 17.6 Å². The number of rotatable bonds is 10. The van der Waals surface area contributed by atoms with Crippen LogP contribution in [0, 0.1) is 11.3 Å². The first-order chi connectivity index (χ1) is 12.6. The van der Waals surface area contributed by atoms with E-state index in [1.54, 1.807) is 24.3 Å². The van der Waals surface area contributed by atoms with Crippen molar-refractivity contribution in [1.29, 1.82) is 5.26 Å². The molecule has 1 unspecified atom stereocenters. The molecule has 1 atom stereocenters. The SMILES string of the molecule is COC(Cc1cccc(OCCCOc2ccccc2C#N)c1)C(=O)O. The number of nitrogens with zero attached hydrogens (tertiary/aromatic N) is 1. The van der Waals surface area contributed by atoms with Gasteiger partial charge in [0.15, 0.2) is 6.10 Å². The zero-order valence-corrected chi connectivity index (χ0v) is 14.6. The molecule has 2 aromatic carbocycles. The predicted octanol–water partition coefficient (Wildman–Crippen LogP) is 3.05. The molecule has 136 valence electrons. The highest BCUT2D eigenvalue weighted by molar-refractivity contribution is 5.72. The maximum absolute atomic E-state index is 11.0. The Bertz CT molecular complexity index is 769. The van der Waals surface area contributed by atoms with Crippen LogP contribution in [0.2, 0.25) is 0 Å². The monoisotopic (exact) mass is 355 g/mol. The summed E-state index contributed by atoms with van der Waals surface area (Å²) in [6.07, 6.45) is 0.0514. The zero-order chi connectivity index (χ0) is 18.8. The van der Waals surface area contributed by atoms with Crippen LogP contribution in [0.4, 0.5) is 0 Å². The van der Waals surface area contributed by atoms with Crippen molar-refractivity contribution in [2.75, 3.05) is 20.3 Å². The lowest BCUT2D eigenvalue weighted by Crippen LogP contribution is -2.24. The Morgan fingerprint density at radius 1 is 1.15 bits per heavy atom. The third kappa shape index (κ3) is 5.80. The van der Waals surface area contributed by atoms with Gasteiger partial charge < -0.3 is 19.3 Å². The molecule has 0 saturated heterocycles. The number of carboxylic acid groups (broad SMARTS) is 1. The Morgan fingerprint density at radius 3 is 2.65 bits per heavy atom. The highest BCUT2D eigenvalue weighted by Crippen LogP contribution is 2.18. The molecule has 0 amide bonds. The van der Waals surface area contributed by atoms with E-state index in [9.17, 15) is 4.79 Å². The lowest BCUT2D eigenvalue weighted by molar-refractivity contribution is -0.148. The Hall–Kier alpha value is -3.04. The van der Waals surface area contributed by atoms with E-state index < -0.39 is 12.1 Å². The summed E-state index contributed by atoms with van der Waals surface area (Å²) in [6, 6.07) is 16.5. The molecular weight excluding hydrogens is 334 g/mol. The molecule has 0 aliphatic rings. The van der Waals surface area contributed by atoms with Gasteiger partial charge in [-0.2, -0.15) is 5.26 Å². The summed E-state index contributed by atoms with van der Waals surface area (Å²) >= 11 is 0. The molecule has 26 heavy (non-hydrogen) atoms. The number of benzene rings is 2. The Kier molecular flexibility index (Phi) is 7.47. The molecule has 6 nitrogen and oxygen atoms in total. The van der Waals surface area contributed by atoms with E-state index in [2.05, 4.69) is 6.07 Å². The minimum absolute atomic E-state index is 0.275. The number of hydrogen-bond donors (Lipinski definition) is 1.